The second-order valence-corrected chi connectivity index (χ2v) is 2.88. The summed E-state index contributed by atoms with van der Waals surface area (Å²) in [5, 5.41) is 0.713. The third kappa shape index (κ3) is 2.13. The Hall–Kier alpha value is -1.22. The molecule has 0 amide bonds. The van der Waals surface area contributed by atoms with E-state index in [9.17, 15) is 0 Å². The van der Waals surface area contributed by atoms with E-state index in [1.165, 1.54) is 0 Å². The summed E-state index contributed by atoms with van der Waals surface area (Å²) in [5.74, 6) is 0.0525. The number of aryl methyl sites for hydroxylation is 1. The zero-order valence-corrected chi connectivity index (χ0v) is 7.47. The fourth-order valence-corrected chi connectivity index (χ4v) is 0.965. The molecule has 4 heteroatoms. The monoisotopic (exact) mass is 183 g/mol. The van der Waals surface area contributed by atoms with Gasteiger partial charge in [0.1, 0.15) is 0 Å². The van der Waals surface area contributed by atoms with Gasteiger partial charge in [-0.05, 0) is 30.7 Å². The van der Waals surface area contributed by atoms with E-state index in [0.717, 1.165) is 11.3 Å². The van der Waals surface area contributed by atoms with Crippen molar-refractivity contribution in [3.05, 3.63) is 28.8 Å². The zero-order valence-electron chi connectivity index (χ0n) is 6.71. The number of hydrogen-bond donors (Lipinski definition) is 2. The molecule has 12 heavy (non-hydrogen) atoms. The minimum Gasteiger partial charge on any atom is -0.370 e. The molecule has 0 saturated heterocycles. The first-order chi connectivity index (χ1) is 5.59. The summed E-state index contributed by atoms with van der Waals surface area (Å²) in [5.41, 5.74) is 12.1. The summed E-state index contributed by atoms with van der Waals surface area (Å²) in [4.78, 5) is 3.87. The summed E-state index contributed by atoms with van der Waals surface area (Å²) in [7, 11) is 0. The Morgan fingerprint density at radius 2 is 2.08 bits per heavy atom. The van der Waals surface area contributed by atoms with E-state index in [1.54, 1.807) is 12.1 Å². The van der Waals surface area contributed by atoms with Crippen molar-refractivity contribution in [2.24, 2.45) is 16.5 Å². The maximum absolute atomic E-state index is 5.81. The Morgan fingerprint density at radius 1 is 1.42 bits per heavy atom. The fourth-order valence-electron chi connectivity index (χ4n) is 0.847. The van der Waals surface area contributed by atoms with Gasteiger partial charge in [-0.3, -0.25) is 0 Å². The minimum atomic E-state index is 0.0525. The van der Waals surface area contributed by atoms with Gasteiger partial charge in [0.25, 0.3) is 0 Å². The van der Waals surface area contributed by atoms with Gasteiger partial charge in [0.2, 0.25) is 0 Å². The van der Waals surface area contributed by atoms with Crippen LogP contribution in [0.1, 0.15) is 5.56 Å². The fraction of sp³-hybridized carbons (Fsp3) is 0.125. The highest BCUT2D eigenvalue weighted by Crippen LogP contribution is 2.20. The van der Waals surface area contributed by atoms with Gasteiger partial charge in [-0.25, -0.2) is 4.99 Å². The maximum Gasteiger partial charge on any atom is 0.191 e. The number of aliphatic imine (C=N–C) groups is 1. The summed E-state index contributed by atoms with van der Waals surface area (Å²) in [6.45, 7) is 1.90. The van der Waals surface area contributed by atoms with Crippen molar-refractivity contribution in [2.45, 2.75) is 6.92 Å². The van der Waals surface area contributed by atoms with Gasteiger partial charge in [-0.1, -0.05) is 11.6 Å². The van der Waals surface area contributed by atoms with Gasteiger partial charge < -0.3 is 11.5 Å². The van der Waals surface area contributed by atoms with Crippen molar-refractivity contribution in [1.29, 1.82) is 0 Å². The summed E-state index contributed by atoms with van der Waals surface area (Å²) in [6.07, 6.45) is 0. The average molecular weight is 184 g/mol. The highest BCUT2D eigenvalue weighted by Gasteiger charge is 1.95. The molecule has 4 N–H and O–H groups in total. The van der Waals surface area contributed by atoms with Crippen LogP contribution in [0.5, 0.6) is 0 Å². The van der Waals surface area contributed by atoms with E-state index in [1.807, 2.05) is 13.0 Å². The zero-order chi connectivity index (χ0) is 9.14. The molecule has 0 spiro atoms. The SMILES string of the molecule is Cc1cc(N=C(N)N)ccc1Cl. The van der Waals surface area contributed by atoms with E-state index in [0.29, 0.717) is 5.02 Å². The third-order valence-electron chi connectivity index (χ3n) is 1.40. The van der Waals surface area contributed by atoms with Crippen LogP contribution in [0.2, 0.25) is 5.02 Å². The molecule has 0 bridgehead atoms. The minimum absolute atomic E-state index is 0.0525. The van der Waals surface area contributed by atoms with E-state index >= 15 is 0 Å². The number of nitrogens with zero attached hydrogens (tertiary/aromatic N) is 1. The predicted octanol–water partition coefficient (Wildman–Crippen LogP) is 1.55. The Balaban J connectivity index is 3.05. The Bertz CT molecular complexity index is 316. The first kappa shape index (κ1) is 8.87. The van der Waals surface area contributed by atoms with E-state index in [2.05, 4.69) is 4.99 Å². The lowest BCUT2D eigenvalue weighted by molar-refractivity contribution is 1.39. The molecular formula is C8H10ClN3. The highest BCUT2D eigenvalue weighted by molar-refractivity contribution is 6.31. The van der Waals surface area contributed by atoms with E-state index in [-0.39, 0.29) is 5.96 Å². The molecule has 0 aliphatic carbocycles. The molecular weight excluding hydrogens is 174 g/mol. The van der Waals surface area contributed by atoms with Gasteiger partial charge in [0.15, 0.2) is 5.96 Å². The van der Waals surface area contributed by atoms with Gasteiger partial charge in [-0.2, -0.15) is 0 Å². The number of rotatable bonds is 1. The Labute approximate surface area is 76.0 Å². The van der Waals surface area contributed by atoms with Crippen LogP contribution in [-0.2, 0) is 0 Å². The molecule has 1 rings (SSSR count). The van der Waals surface area contributed by atoms with Gasteiger partial charge in [-0.15, -0.1) is 0 Å². The number of halogens is 1. The van der Waals surface area contributed by atoms with Crippen molar-refractivity contribution in [3.63, 3.8) is 0 Å². The van der Waals surface area contributed by atoms with Crippen molar-refractivity contribution in [3.8, 4) is 0 Å². The van der Waals surface area contributed by atoms with Crippen molar-refractivity contribution < 1.29 is 0 Å². The smallest absolute Gasteiger partial charge is 0.191 e. The molecule has 0 fully saturated rings. The molecule has 0 saturated carbocycles. The van der Waals surface area contributed by atoms with Gasteiger partial charge >= 0.3 is 0 Å². The summed E-state index contributed by atoms with van der Waals surface area (Å²) >= 11 is 5.81. The van der Waals surface area contributed by atoms with Crippen LogP contribution < -0.4 is 11.5 Å². The molecule has 0 aliphatic rings. The maximum atomic E-state index is 5.81. The van der Waals surface area contributed by atoms with Gasteiger partial charge in [0, 0.05) is 5.02 Å². The number of nitrogens with two attached hydrogens (primary N) is 2. The van der Waals surface area contributed by atoms with Crippen LogP contribution in [0.3, 0.4) is 0 Å². The molecule has 0 heterocycles. The highest BCUT2D eigenvalue weighted by atomic mass is 35.5. The molecule has 0 unspecified atom stereocenters. The lowest BCUT2D eigenvalue weighted by atomic mass is 10.2. The van der Waals surface area contributed by atoms with Crippen molar-refractivity contribution in [1.82, 2.24) is 0 Å². The van der Waals surface area contributed by atoms with Crippen LogP contribution in [0.4, 0.5) is 5.69 Å². The average Bonchev–Trinajstić information content (AvgIpc) is 1.96. The van der Waals surface area contributed by atoms with E-state index in [4.69, 9.17) is 23.1 Å². The Kier molecular flexibility index (Phi) is 2.55. The lowest BCUT2D eigenvalue weighted by Crippen LogP contribution is -2.21. The van der Waals surface area contributed by atoms with Crippen LogP contribution in [-0.4, -0.2) is 5.96 Å². The molecule has 0 aliphatic heterocycles. The quantitative estimate of drug-likeness (QED) is 0.513. The summed E-state index contributed by atoms with van der Waals surface area (Å²) in [6, 6.07) is 5.34. The topological polar surface area (TPSA) is 64.4 Å². The largest absolute Gasteiger partial charge is 0.370 e. The van der Waals surface area contributed by atoms with Crippen LogP contribution in [0.25, 0.3) is 0 Å². The molecule has 0 radical (unpaired) electrons. The van der Waals surface area contributed by atoms with Crippen LogP contribution in [0.15, 0.2) is 23.2 Å². The molecule has 0 aromatic heterocycles. The molecule has 0 atom stereocenters. The first-order valence-corrected chi connectivity index (χ1v) is 3.83. The number of benzene rings is 1. The predicted molar refractivity (Wildman–Crippen MR) is 51.7 cm³/mol. The normalized spacial score (nSPS) is 9.50. The number of hydrogen-bond acceptors (Lipinski definition) is 1. The van der Waals surface area contributed by atoms with Crippen molar-refractivity contribution >= 4 is 23.2 Å². The molecule has 1 aromatic rings. The summed E-state index contributed by atoms with van der Waals surface area (Å²) < 4.78 is 0. The lowest BCUT2D eigenvalue weighted by Gasteiger charge is -1.98. The third-order valence-corrected chi connectivity index (χ3v) is 1.82. The standard InChI is InChI=1S/C8H10ClN3/c1-5-4-6(12-8(10)11)2-3-7(5)9/h2-4H,1H3,(H4,10,11,12). The van der Waals surface area contributed by atoms with Crippen LogP contribution in [0, 0.1) is 6.92 Å². The van der Waals surface area contributed by atoms with E-state index < -0.39 is 0 Å². The van der Waals surface area contributed by atoms with Crippen LogP contribution >= 0.6 is 11.6 Å². The molecule has 3 nitrogen and oxygen atoms in total. The second kappa shape index (κ2) is 3.45. The van der Waals surface area contributed by atoms with Gasteiger partial charge in [0.05, 0.1) is 5.69 Å². The molecule has 64 valence electrons. The molecule has 1 aromatic carbocycles. The second-order valence-electron chi connectivity index (χ2n) is 2.47. The van der Waals surface area contributed by atoms with Crippen molar-refractivity contribution in [2.75, 3.05) is 0 Å². The number of guanidine groups is 1. The first-order valence-electron chi connectivity index (χ1n) is 3.45. The Morgan fingerprint density at radius 3 is 2.58 bits per heavy atom.